The number of nitrogens with one attached hydrogen (secondary N) is 1. The normalized spacial score (nSPS) is 12.2. The van der Waals surface area contributed by atoms with Gasteiger partial charge in [-0.3, -0.25) is 0 Å². The zero-order valence-electron chi connectivity index (χ0n) is 11.0. The monoisotopic (exact) mass is 255 g/mol. The van der Waals surface area contributed by atoms with Crippen molar-refractivity contribution in [3.63, 3.8) is 0 Å². The van der Waals surface area contributed by atoms with Crippen molar-refractivity contribution in [1.29, 1.82) is 0 Å². The van der Waals surface area contributed by atoms with Gasteiger partial charge >= 0.3 is 0 Å². The molecule has 0 saturated carbocycles. The molecule has 0 bridgehead atoms. The number of anilines is 1. The number of methoxy groups -OCH3 is 1. The van der Waals surface area contributed by atoms with E-state index in [0.29, 0.717) is 5.25 Å². The summed E-state index contributed by atoms with van der Waals surface area (Å²) in [5, 5.41) is 4.69. The molecule has 0 spiro atoms. The van der Waals surface area contributed by atoms with Crippen molar-refractivity contribution in [2.45, 2.75) is 43.9 Å². The van der Waals surface area contributed by atoms with E-state index in [1.807, 2.05) is 0 Å². The molecule has 1 aromatic heterocycles. The van der Waals surface area contributed by atoms with Crippen LogP contribution < -0.4 is 10.1 Å². The molecule has 0 radical (unpaired) electrons. The first-order valence-corrected chi connectivity index (χ1v) is 6.90. The summed E-state index contributed by atoms with van der Waals surface area (Å²) in [5.41, 5.74) is 0. The average Bonchev–Trinajstić information content (AvgIpc) is 2.36. The second kappa shape index (κ2) is 7.37. The van der Waals surface area contributed by atoms with Crippen LogP contribution in [0.3, 0.4) is 0 Å². The van der Waals surface area contributed by atoms with Gasteiger partial charge in [0, 0.05) is 11.8 Å². The highest BCUT2D eigenvalue weighted by molar-refractivity contribution is 7.99. The molecular weight excluding hydrogens is 234 g/mol. The number of aromatic nitrogens is 2. The van der Waals surface area contributed by atoms with Gasteiger partial charge in [0.05, 0.1) is 7.11 Å². The van der Waals surface area contributed by atoms with E-state index in [2.05, 4.69) is 36.1 Å². The van der Waals surface area contributed by atoms with E-state index in [9.17, 15) is 0 Å². The lowest BCUT2D eigenvalue weighted by atomic mass is 10.4. The van der Waals surface area contributed by atoms with Crippen LogP contribution in [0, 0.1) is 0 Å². The lowest BCUT2D eigenvalue weighted by Crippen LogP contribution is -2.06. The molecule has 1 heterocycles. The molecule has 4 nitrogen and oxygen atoms in total. The number of hydrogen-bond acceptors (Lipinski definition) is 5. The summed E-state index contributed by atoms with van der Waals surface area (Å²) < 4.78 is 5.41. The van der Waals surface area contributed by atoms with Crippen molar-refractivity contribution >= 4 is 17.6 Å². The molecule has 1 N–H and O–H groups in total. The quantitative estimate of drug-likeness (QED) is 0.599. The fourth-order valence-electron chi connectivity index (χ4n) is 1.27. The maximum atomic E-state index is 5.41. The Hall–Kier alpha value is -0.970. The SMILES string of the molecule is CCCNc1ncnc(SC(C)CC)c1OC. The fourth-order valence-corrected chi connectivity index (χ4v) is 2.21. The summed E-state index contributed by atoms with van der Waals surface area (Å²) in [5.74, 6) is 1.54. The number of ether oxygens (including phenoxy) is 1. The molecule has 0 aromatic carbocycles. The van der Waals surface area contributed by atoms with Gasteiger partial charge in [0.15, 0.2) is 11.6 Å². The molecule has 0 aliphatic heterocycles. The van der Waals surface area contributed by atoms with Gasteiger partial charge in [-0.15, -0.1) is 0 Å². The maximum Gasteiger partial charge on any atom is 0.193 e. The van der Waals surface area contributed by atoms with E-state index in [1.54, 1.807) is 25.2 Å². The summed E-state index contributed by atoms with van der Waals surface area (Å²) >= 11 is 1.73. The number of thioether (sulfide) groups is 1. The summed E-state index contributed by atoms with van der Waals surface area (Å²) in [6.07, 6.45) is 3.75. The summed E-state index contributed by atoms with van der Waals surface area (Å²) in [6.45, 7) is 7.36. The van der Waals surface area contributed by atoms with Gasteiger partial charge in [-0.1, -0.05) is 32.5 Å². The first kappa shape index (κ1) is 14.1. The molecule has 0 fully saturated rings. The van der Waals surface area contributed by atoms with Crippen LogP contribution in [0.4, 0.5) is 5.82 Å². The van der Waals surface area contributed by atoms with Gasteiger partial charge in [-0.2, -0.15) is 0 Å². The van der Waals surface area contributed by atoms with Crippen LogP contribution in [0.1, 0.15) is 33.6 Å². The van der Waals surface area contributed by atoms with Gasteiger partial charge in [0.25, 0.3) is 0 Å². The van der Waals surface area contributed by atoms with E-state index in [1.165, 1.54) is 0 Å². The van der Waals surface area contributed by atoms with Crippen LogP contribution >= 0.6 is 11.8 Å². The summed E-state index contributed by atoms with van der Waals surface area (Å²) in [4.78, 5) is 8.51. The molecule has 0 aliphatic carbocycles. The Morgan fingerprint density at radius 2 is 2.18 bits per heavy atom. The first-order valence-electron chi connectivity index (χ1n) is 6.02. The average molecular weight is 255 g/mol. The van der Waals surface area contributed by atoms with Crippen LogP contribution in [0.2, 0.25) is 0 Å². The highest BCUT2D eigenvalue weighted by Gasteiger charge is 2.14. The van der Waals surface area contributed by atoms with Crippen LogP contribution in [-0.4, -0.2) is 28.9 Å². The fraction of sp³-hybridized carbons (Fsp3) is 0.667. The Labute approximate surface area is 108 Å². The van der Waals surface area contributed by atoms with Crippen molar-refractivity contribution in [3.8, 4) is 5.75 Å². The highest BCUT2D eigenvalue weighted by atomic mass is 32.2. The number of rotatable bonds is 7. The Balaban J connectivity index is 2.88. The van der Waals surface area contributed by atoms with Crippen LogP contribution in [0.25, 0.3) is 0 Å². The lowest BCUT2D eigenvalue weighted by molar-refractivity contribution is 0.400. The Kier molecular flexibility index (Phi) is 6.11. The van der Waals surface area contributed by atoms with Gasteiger partial charge < -0.3 is 10.1 Å². The highest BCUT2D eigenvalue weighted by Crippen LogP contribution is 2.35. The van der Waals surface area contributed by atoms with Gasteiger partial charge in [0.1, 0.15) is 11.4 Å². The molecule has 17 heavy (non-hydrogen) atoms. The molecule has 1 rings (SSSR count). The maximum absolute atomic E-state index is 5.41. The molecule has 5 heteroatoms. The van der Waals surface area contributed by atoms with E-state index < -0.39 is 0 Å². The minimum Gasteiger partial charge on any atom is -0.490 e. The zero-order valence-corrected chi connectivity index (χ0v) is 11.8. The molecule has 0 aliphatic rings. The largest absolute Gasteiger partial charge is 0.490 e. The van der Waals surface area contributed by atoms with Crippen molar-refractivity contribution in [2.75, 3.05) is 19.0 Å². The predicted octanol–water partition coefficient (Wildman–Crippen LogP) is 3.20. The third-order valence-corrected chi connectivity index (χ3v) is 3.66. The van der Waals surface area contributed by atoms with E-state index in [-0.39, 0.29) is 0 Å². The van der Waals surface area contributed by atoms with E-state index >= 15 is 0 Å². The predicted molar refractivity (Wildman–Crippen MR) is 73.0 cm³/mol. The Bertz CT molecular complexity index is 347. The van der Waals surface area contributed by atoms with Crippen molar-refractivity contribution < 1.29 is 4.74 Å². The summed E-state index contributed by atoms with van der Waals surface area (Å²) in [7, 11) is 1.66. The number of nitrogens with zero attached hydrogens (tertiary/aromatic N) is 2. The second-order valence-corrected chi connectivity index (χ2v) is 5.25. The molecule has 0 saturated heterocycles. The molecule has 0 amide bonds. The number of hydrogen-bond donors (Lipinski definition) is 1. The van der Waals surface area contributed by atoms with E-state index in [0.717, 1.165) is 36.0 Å². The van der Waals surface area contributed by atoms with Crippen LogP contribution in [0.15, 0.2) is 11.4 Å². The van der Waals surface area contributed by atoms with Crippen LogP contribution in [-0.2, 0) is 0 Å². The first-order chi connectivity index (χ1) is 8.22. The van der Waals surface area contributed by atoms with Crippen molar-refractivity contribution in [2.24, 2.45) is 0 Å². The third-order valence-electron chi connectivity index (χ3n) is 2.41. The minimum atomic E-state index is 0.526. The zero-order chi connectivity index (χ0) is 12.7. The molecular formula is C12H21N3OS. The van der Waals surface area contributed by atoms with Gasteiger partial charge in [-0.25, -0.2) is 9.97 Å². The summed E-state index contributed by atoms with van der Waals surface area (Å²) in [6, 6.07) is 0. The topological polar surface area (TPSA) is 47.0 Å². The van der Waals surface area contributed by atoms with E-state index in [4.69, 9.17) is 4.74 Å². The van der Waals surface area contributed by atoms with Crippen molar-refractivity contribution in [3.05, 3.63) is 6.33 Å². The smallest absolute Gasteiger partial charge is 0.193 e. The molecule has 1 atom stereocenters. The van der Waals surface area contributed by atoms with Crippen molar-refractivity contribution in [1.82, 2.24) is 9.97 Å². The minimum absolute atomic E-state index is 0.526. The second-order valence-electron chi connectivity index (χ2n) is 3.82. The Morgan fingerprint density at radius 3 is 2.76 bits per heavy atom. The van der Waals surface area contributed by atoms with Gasteiger partial charge in [0.2, 0.25) is 0 Å². The molecule has 96 valence electrons. The standard InChI is InChI=1S/C12H21N3OS/c1-5-7-13-11-10(16-4)12(15-8-14-11)17-9(3)6-2/h8-9H,5-7H2,1-4H3,(H,13,14,15). The third kappa shape index (κ3) is 4.07. The Morgan fingerprint density at radius 1 is 1.41 bits per heavy atom. The lowest BCUT2D eigenvalue weighted by Gasteiger charge is -2.14. The molecule has 1 aromatic rings. The van der Waals surface area contributed by atoms with Gasteiger partial charge in [-0.05, 0) is 12.8 Å². The molecule has 1 unspecified atom stereocenters. The van der Waals surface area contributed by atoms with Crippen LogP contribution in [0.5, 0.6) is 5.75 Å².